The van der Waals surface area contributed by atoms with E-state index in [1.165, 1.54) is 5.56 Å². The first kappa shape index (κ1) is 21.7. The zero-order valence-electron chi connectivity index (χ0n) is 13.9. The standard InChI is InChI=1S/C16H29N3OS.HI/c1-4-6-14(7-9-20)11-18-16(17-5-2)19(3)12-15-8-10-21-13-15;/h8,10,13-14,20H,4-7,9,11-12H2,1-3H3,(H,17,18);1H. The van der Waals surface area contributed by atoms with Crippen LogP contribution in [0.2, 0.25) is 0 Å². The van der Waals surface area contributed by atoms with E-state index in [-0.39, 0.29) is 30.6 Å². The highest BCUT2D eigenvalue weighted by Gasteiger charge is 2.10. The Morgan fingerprint density at radius 1 is 1.41 bits per heavy atom. The summed E-state index contributed by atoms with van der Waals surface area (Å²) in [5.41, 5.74) is 1.31. The molecule has 128 valence electrons. The second-order valence-electron chi connectivity index (χ2n) is 5.35. The summed E-state index contributed by atoms with van der Waals surface area (Å²) < 4.78 is 0. The lowest BCUT2D eigenvalue weighted by Crippen LogP contribution is -2.38. The number of nitrogens with one attached hydrogen (secondary N) is 1. The van der Waals surface area contributed by atoms with Gasteiger partial charge in [-0.1, -0.05) is 13.3 Å². The van der Waals surface area contributed by atoms with Crippen LogP contribution in [-0.2, 0) is 6.54 Å². The monoisotopic (exact) mass is 439 g/mol. The largest absolute Gasteiger partial charge is 0.396 e. The highest BCUT2D eigenvalue weighted by molar-refractivity contribution is 14.0. The molecule has 1 heterocycles. The SMILES string of the molecule is CCCC(CCO)CN=C(NCC)N(C)Cc1ccsc1.I. The van der Waals surface area contributed by atoms with Crippen LogP contribution in [0.1, 0.15) is 38.7 Å². The maximum Gasteiger partial charge on any atom is 0.193 e. The summed E-state index contributed by atoms with van der Waals surface area (Å²) in [6.45, 7) is 7.04. The normalized spacial score (nSPS) is 12.6. The predicted molar refractivity (Wildman–Crippen MR) is 107 cm³/mol. The van der Waals surface area contributed by atoms with Gasteiger partial charge in [0, 0.05) is 33.3 Å². The third kappa shape index (κ3) is 8.33. The molecule has 1 aromatic heterocycles. The number of hydrogen-bond acceptors (Lipinski definition) is 3. The fourth-order valence-corrected chi connectivity index (χ4v) is 2.99. The smallest absolute Gasteiger partial charge is 0.193 e. The van der Waals surface area contributed by atoms with E-state index in [0.717, 1.165) is 44.9 Å². The Hall–Kier alpha value is -0.340. The van der Waals surface area contributed by atoms with Gasteiger partial charge in [-0.05, 0) is 48.1 Å². The van der Waals surface area contributed by atoms with Gasteiger partial charge in [0.1, 0.15) is 0 Å². The molecule has 1 unspecified atom stereocenters. The second kappa shape index (κ2) is 13.1. The maximum absolute atomic E-state index is 9.14. The summed E-state index contributed by atoms with van der Waals surface area (Å²) in [4.78, 5) is 6.92. The van der Waals surface area contributed by atoms with Crippen molar-refractivity contribution in [3.63, 3.8) is 0 Å². The molecule has 1 aromatic rings. The van der Waals surface area contributed by atoms with Crippen LogP contribution >= 0.6 is 35.3 Å². The number of halogens is 1. The van der Waals surface area contributed by atoms with Crippen LogP contribution in [0, 0.1) is 5.92 Å². The van der Waals surface area contributed by atoms with Gasteiger partial charge in [0.15, 0.2) is 5.96 Å². The third-order valence-corrected chi connectivity index (χ3v) is 4.16. The van der Waals surface area contributed by atoms with Gasteiger partial charge in [-0.2, -0.15) is 11.3 Å². The van der Waals surface area contributed by atoms with Crippen molar-refractivity contribution in [2.45, 2.75) is 39.7 Å². The third-order valence-electron chi connectivity index (χ3n) is 3.43. The maximum atomic E-state index is 9.14. The zero-order chi connectivity index (χ0) is 15.5. The Morgan fingerprint density at radius 2 is 2.18 bits per heavy atom. The molecule has 0 aliphatic carbocycles. The van der Waals surface area contributed by atoms with Crippen LogP contribution < -0.4 is 5.32 Å². The highest BCUT2D eigenvalue weighted by Crippen LogP contribution is 2.12. The Balaban J connectivity index is 0.00000441. The molecule has 0 aliphatic heterocycles. The van der Waals surface area contributed by atoms with E-state index in [1.807, 2.05) is 0 Å². The number of rotatable bonds is 9. The van der Waals surface area contributed by atoms with Crippen molar-refractivity contribution in [2.75, 3.05) is 26.7 Å². The first-order valence-corrected chi connectivity index (χ1v) is 8.76. The molecule has 0 radical (unpaired) electrons. The Labute approximate surface area is 156 Å². The fourth-order valence-electron chi connectivity index (χ4n) is 2.33. The van der Waals surface area contributed by atoms with Gasteiger partial charge in [0.05, 0.1) is 0 Å². The summed E-state index contributed by atoms with van der Waals surface area (Å²) in [6, 6.07) is 2.15. The lowest BCUT2D eigenvalue weighted by atomic mass is 10.0. The molecule has 0 amide bonds. The highest BCUT2D eigenvalue weighted by atomic mass is 127. The van der Waals surface area contributed by atoms with Crippen LogP contribution in [0.5, 0.6) is 0 Å². The molecular formula is C16H30IN3OS. The molecule has 0 fully saturated rings. The quantitative estimate of drug-likeness (QED) is 0.352. The first-order valence-electron chi connectivity index (χ1n) is 7.82. The number of nitrogens with zero attached hydrogens (tertiary/aromatic N) is 2. The average molecular weight is 439 g/mol. The number of aliphatic imine (C=N–C) groups is 1. The summed E-state index contributed by atoms with van der Waals surface area (Å²) in [5.74, 6) is 1.42. The van der Waals surface area contributed by atoms with Gasteiger partial charge in [-0.3, -0.25) is 4.99 Å². The van der Waals surface area contributed by atoms with Crippen LogP contribution in [0.25, 0.3) is 0 Å². The Bertz CT molecular complexity index is 392. The molecule has 4 nitrogen and oxygen atoms in total. The number of hydrogen-bond donors (Lipinski definition) is 2. The summed E-state index contributed by atoms with van der Waals surface area (Å²) in [5, 5.41) is 16.8. The van der Waals surface area contributed by atoms with Crippen molar-refractivity contribution in [1.82, 2.24) is 10.2 Å². The lowest BCUT2D eigenvalue weighted by Gasteiger charge is -2.22. The summed E-state index contributed by atoms with van der Waals surface area (Å²) in [6.07, 6.45) is 3.10. The van der Waals surface area contributed by atoms with Gasteiger partial charge in [-0.25, -0.2) is 0 Å². The van der Waals surface area contributed by atoms with E-state index in [0.29, 0.717) is 5.92 Å². The molecule has 0 bridgehead atoms. The van der Waals surface area contributed by atoms with E-state index in [4.69, 9.17) is 10.1 Å². The van der Waals surface area contributed by atoms with Crippen molar-refractivity contribution in [3.05, 3.63) is 22.4 Å². The van der Waals surface area contributed by atoms with E-state index in [2.05, 4.69) is 47.9 Å². The molecule has 2 N–H and O–H groups in total. The minimum absolute atomic E-state index is 0. The number of aliphatic hydroxyl groups excluding tert-OH is 1. The van der Waals surface area contributed by atoms with Gasteiger partial charge in [0.25, 0.3) is 0 Å². The average Bonchev–Trinajstić information content (AvgIpc) is 2.96. The molecule has 0 spiro atoms. The molecule has 1 rings (SSSR count). The van der Waals surface area contributed by atoms with Crippen molar-refractivity contribution >= 4 is 41.3 Å². The van der Waals surface area contributed by atoms with E-state index in [9.17, 15) is 0 Å². The minimum Gasteiger partial charge on any atom is -0.396 e. The van der Waals surface area contributed by atoms with E-state index < -0.39 is 0 Å². The number of aliphatic hydroxyl groups is 1. The molecule has 0 saturated carbocycles. The Kier molecular flexibility index (Phi) is 12.9. The fraction of sp³-hybridized carbons (Fsp3) is 0.688. The molecule has 0 aromatic carbocycles. The summed E-state index contributed by atoms with van der Waals surface area (Å²) >= 11 is 1.72. The van der Waals surface area contributed by atoms with E-state index in [1.54, 1.807) is 11.3 Å². The van der Waals surface area contributed by atoms with Crippen LogP contribution in [-0.4, -0.2) is 42.7 Å². The van der Waals surface area contributed by atoms with Crippen LogP contribution in [0.3, 0.4) is 0 Å². The number of guanidine groups is 1. The summed E-state index contributed by atoms with van der Waals surface area (Å²) in [7, 11) is 2.07. The van der Waals surface area contributed by atoms with Gasteiger partial charge < -0.3 is 15.3 Å². The predicted octanol–water partition coefficient (Wildman–Crippen LogP) is 3.56. The topological polar surface area (TPSA) is 47.9 Å². The van der Waals surface area contributed by atoms with Gasteiger partial charge in [-0.15, -0.1) is 24.0 Å². The van der Waals surface area contributed by atoms with Crippen molar-refractivity contribution in [1.29, 1.82) is 0 Å². The molecular weight excluding hydrogens is 409 g/mol. The molecule has 22 heavy (non-hydrogen) atoms. The lowest BCUT2D eigenvalue weighted by molar-refractivity contribution is 0.253. The van der Waals surface area contributed by atoms with Crippen LogP contribution in [0.4, 0.5) is 0 Å². The van der Waals surface area contributed by atoms with Gasteiger partial charge >= 0.3 is 0 Å². The molecule has 0 saturated heterocycles. The molecule has 0 aliphatic rings. The Morgan fingerprint density at radius 3 is 2.73 bits per heavy atom. The van der Waals surface area contributed by atoms with Crippen molar-refractivity contribution < 1.29 is 5.11 Å². The van der Waals surface area contributed by atoms with Crippen LogP contribution in [0.15, 0.2) is 21.8 Å². The first-order chi connectivity index (χ1) is 10.2. The van der Waals surface area contributed by atoms with Crippen molar-refractivity contribution in [3.8, 4) is 0 Å². The molecule has 6 heteroatoms. The molecule has 1 atom stereocenters. The van der Waals surface area contributed by atoms with E-state index >= 15 is 0 Å². The second-order valence-corrected chi connectivity index (χ2v) is 6.13. The number of thiophene rings is 1. The van der Waals surface area contributed by atoms with Crippen molar-refractivity contribution in [2.24, 2.45) is 10.9 Å². The minimum atomic E-state index is 0. The zero-order valence-corrected chi connectivity index (χ0v) is 17.1. The van der Waals surface area contributed by atoms with Gasteiger partial charge in [0.2, 0.25) is 0 Å².